The maximum atomic E-state index is 12.6. The smallest absolute Gasteiger partial charge is 0.328 e. The Morgan fingerprint density at radius 3 is 2.71 bits per heavy atom. The predicted octanol–water partition coefficient (Wildman–Crippen LogP) is 1.57. The lowest BCUT2D eigenvalue weighted by Gasteiger charge is -2.34. The maximum Gasteiger partial charge on any atom is 0.328 e. The van der Waals surface area contributed by atoms with Gasteiger partial charge in [0.15, 0.2) is 11.5 Å². The Kier molecular flexibility index (Phi) is 4.67. The number of rotatable bonds is 3. The summed E-state index contributed by atoms with van der Waals surface area (Å²) in [5, 5.41) is 10.1. The van der Waals surface area contributed by atoms with Gasteiger partial charge in [0.05, 0.1) is 19.8 Å². The summed E-state index contributed by atoms with van der Waals surface area (Å²) in [6, 6.07) is 4.12. The van der Waals surface area contributed by atoms with Crippen LogP contribution >= 0.6 is 0 Å². The van der Waals surface area contributed by atoms with Crippen LogP contribution in [0.4, 0.5) is 0 Å². The largest absolute Gasteiger partial charge is 0.504 e. The average molecular weight is 293 g/mol. The number of esters is 1. The van der Waals surface area contributed by atoms with Crippen molar-refractivity contribution in [3.8, 4) is 11.5 Å². The highest BCUT2D eigenvalue weighted by atomic mass is 16.5. The quantitative estimate of drug-likeness (QED) is 0.856. The van der Waals surface area contributed by atoms with Crippen molar-refractivity contribution in [2.24, 2.45) is 0 Å². The molecule has 1 aliphatic heterocycles. The van der Waals surface area contributed by atoms with Gasteiger partial charge in [0.25, 0.3) is 5.91 Å². The highest BCUT2D eigenvalue weighted by molar-refractivity contribution is 5.99. The standard InChI is InChI=1S/C15H19NO5/c1-20-12-8-5-6-10(13(12)17)14(18)16-9-4-3-7-11(16)15(19)21-2/h5-6,8,11,17H,3-4,7,9H2,1-2H3. The van der Waals surface area contributed by atoms with Gasteiger partial charge in [0.1, 0.15) is 6.04 Å². The number of piperidine rings is 1. The number of phenols is 1. The summed E-state index contributed by atoms with van der Waals surface area (Å²) < 4.78 is 9.77. The molecule has 6 nitrogen and oxygen atoms in total. The van der Waals surface area contributed by atoms with Crippen LogP contribution in [0.3, 0.4) is 0 Å². The van der Waals surface area contributed by atoms with Gasteiger partial charge >= 0.3 is 5.97 Å². The van der Waals surface area contributed by atoms with Gasteiger partial charge in [-0.3, -0.25) is 4.79 Å². The van der Waals surface area contributed by atoms with E-state index >= 15 is 0 Å². The zero-order valence-corrected chi connectivity index (χ0v) is 12.2. The van der Waals surface area contributed by atoms with Crippen LogP contribution in [-0.4, -0.2) is 48.7 Å². The molecule has 2 rings (SSSR count). The van der Waals surface area contributed by atoms with E-state index in [1.54, 1.807) is 12.1 Å². The van der Waals surface area contributed by atoms with Gasteiger partial charge in [-0.15, -0.1) is 0 Å². The predicted molar refractivity (Wildman–Crippen MR) is 75.4 cm³/mol. The summed E-state index contributed by atoms with van der Waals surface area (Å²) >= 11 is 0. The first kappa shape index (κ1) is 15.2. The van der Waals surface area contributed by atoms with Crippen LogP contribution in [0, 0.1) is 0 Å². The molecule has 21 heavy (non-hydrogen) atoms. The second kappa shape index (κ2) is 6.47. The van der Waals surface area contributed by atoms with E-state index in [9.17, 15) is 14.7 Å². The summed E-state index contributed by atoms with van der Waals surface area (Å²) in [5.41, 5.74) is 0.130. The Bertz CT molecular complexity index is 543. The van der Waals surface area contributed by atoms with Crippen molar-refractivity contribution in [1.82, 2.24) is 4.90 Å². The van der Waals surface area contributed by atoms with E-state index in [2.05, 4.69) is 0 Å². The molecule has 1 N–H and O–H groups in total. The Balaban J connectivity index is 2.31. The molecule has 0 bridgehead atoms. The van der Waals surface area contributed by atoms with E-state index in [1.165, 1.54) is 25.2 Å². The van der Waals surface area contributed by atoms with Gasteiger partial charge < -0.3 is 19.5 Å². The van der Waals surface area contributed by atoms with Gasteiger partial charge in [-0.05, 0) is 31.4 Å². The van der Waals surface area contributed by atoms with E-state index < -0.39 is 12.0 Å². The molecule has 1 heterocycles. The molecule has 1 aromatic carbocycles. The van der Waals surface area contributed by atoms with Crippen molar-refractivity contribution in [3.05, 3.63) is 23.8 Å². The van der Waals surface area contributed by atoms with Crippen LogP contribution in [0.25, 0.3) is 0 Å². The highest BCUT2D eigenvalue weighted by Crippen LogP contribution is 2.31. The topological polar surface area (TPSA) is 76.1 Å². The van der Waals surface area contributed by atoms with Gasteiger partial charge in [-0.2, -0.15) is 0 Å². The first-order valence-electron chi connectivity index (χ1n) is 6.85. The van der Waals surface area contributed by atoms with E-state index in [0.717, 1.165) is 12.8 Å². The number of carbonyl (C=O) groups excluding carboxylic acids is 2. The van der Waals surface area contributed by atoms with Crippen LogP contribution in [0.1, 0.15) is 29.6 Å². The number of carbonyl (C=O) groups is 2. The van der Waals surface area contributed by atoms with E-state index in [-0.39, 0.29) is 23.0 Å². The molecule has 1 unspecified atom stereocenters. The van der Waals surface area contributed by atoms with E-state index in [0.29, 0.717) is 13.0 Å². The Morgan fingerprint density at radius 1 is 1.29 bits per heavy atom. The zero-order chi connectivity index (χ0) is 15.4. The molecule has 0 radical (unpaired) electrons. The van der Waals surface area contributed by atoms with Crippen LogP contribution in [0.2, 0.25) is 0 Å². The van der Waals surface area contributed by atoms with Gasteiger partial charge in [0, 0.05) is 6.54 Å². The van der Waals surface area contributed by atoms with Gasteiger partial charge in [0.2, 0.25) is 0 Å². The summed E-state index contributed by atoms with van der Waals surface area (Å²) in [6.07, 6.45) is 2.26. The maximum absolute atomic E-state index is 12.6. The number of hydrogen-bond donors (Lipinski definition) is 1. The number of aromatic hydroxyl groups is 1. The molecule has 1 aliphatic rings. The van der Waals surface area contributed by atoms with Crippen LogP contribution in [-0.2, 0) is 9.53 Å². The van der Waals surface area contributed by atoms with Crippen molar-refractivity contribution in [1.29, 1.82) is 0 Å². The summed E-state index contributed by atoms with van der Waals surface area (Å²) in [5.74, 6) is -0.793. The van der Waals surface area contributed by atoms with E-state index in [1.807, 2.05) is 0 Å². The third kappa shape index (κ3) is 2.94. The zero-order valence-electron chi connectivity index (χ0n) is 12.2. The number of phenolic OH excluding ortho intramolecular Hbond substituents is 1. The Hall–Kier alpha value is -2.24. The SMILES string of the molecule is COC(=O)C1CCCCN1C(=O)c1cccc(OC)c1O. The first-order valence-corrected chi connectivity index (χ1v) is 6.85. The second-order valence-electron chi connectivity index (χ2n) is 4.89. The van der Waals surface area contributed by atoms with Gasteiger partial charge in [-0.1, -0.05) is 6.07 Å². The number of amides is 1. The van der Waals surface area contributed by atoms with Crippen molar-refractivity contribution in [2.75, 3.05) is 20.8 Å². The fourth-order valence-corrected chi connectivity index (χ4v) is 2.57. The lowest BCUT2D eigenvalue weighted by atomic mass is 10.0. The molecule has 1 aromatic rings. The number of likely N-dealkylation sites (tertiary alicyclic amines) is 1. The second-order valence-corrected chi connectivity index (χ2v) is 4.89. The van der Waals surface area contributed by atoms with Crippen LogP contribution < -0.4 is 4.74 Å². The number of ether oxygens (including phenoxy) is 2. The first-order chi connectivity index (χ1) is 10.1. The Labute approximate surface area is 123 Å². The summed E-state index contributed by atoms with van der Waals surface area (Å²) in [7, 11) is 2.73. The molecule has 0 spiro atoms. The van der Waals surface area contributed by atoms with Crippen molar-refractivity contribution in [2.45, 2.75) is 25.3 Å². The molecule has 0 saturated carbocycles. The van der Waals surface area contributed by atoms with Crippen molar-refractivity contribution < 1.29 is 24.2 Å². The van der Waals surface area contributed by atoms with Gasteiger partial charge in [-0.25, -0.2) is 4.79 Å². The van der Waals surface area contributed by atoms with Crippen molar-refractivity contribution >= 4 is 11.9 Å². The number of benzene rings is 1. The molecule has 0 aromatic heterocycles. The molecule has 114 valence electrons. The fraction of sp³-hybridized carbons (Fsp3) is 0.467. The molecular weight excluding hydrogens is 274 g/mol. The lowest BCUT2D eigenvalue weighted by molar-refractivity contribution is -0.147. The molecule has 1 saturated heterocycles. The normalized spacial score (nSPS) is 18.2. The number of hydrogen-bond acceptors (Lipinski definition) is 5. The Morgan fingerprint density at radius 2 is 2.05 bits per heavy atom. The average Bonchev–Trinajstić information content (AvgIpc) is 2.53. The molecular formula is C15H19NO5. The third-order valence-corrected chi connectivity index (χ3v) is 3.69. The molecule has 1 fully saturated rings. The molecule has 0 aliphatic carbocycles. The van der Waals surface area contributed by atoms with Crippen molar-refractivity contribution in [3.63, 3.8) is 0 Å². The highest BCUT2D eigenvalue weighted by Gasteiger charge is 2.34. The number of para-hydroxylation sites is 1. The minimum absolute atomic E-state index is 0.130. The van der Waals surface area contributed by atoms with E-state index in [4.69, 9.17) is 9.47 Å². The minimum Gasteiger partial charge on any atom is -0.504 e. The number of nitrogens with zero attached hydrogens (tertiary/aromatic N) is 1. The third-order valence-electron chi connectivity index (χ3n) is 3.69. The minimum atomic E-state index is -0.596. The molecule has 1 atom stereocenters. The molecule has 1 amide bonds. The van der Waals surface area contributed by atoms with Crippen LogP contribution in [0.15, 0.2) is 18.2 Å². The van der Waals surface area contributed by atoms with Crippen LogP contribution in [0.5, 0.6) is 11.5 Å². The number of methoxy groups -OCH3 is 2. The summed E-state index contributed by atoms with van der Waals surface area (Å²) in [4.78, 5) is 25.9. The molecule has 6 heteroatoms. The summed E-state index contributed by atoms with van der Waals surface area (Å²) in [6.45, 7) is 0.468. The lowest BCUT2D eigenvalue weighted by Crippen LogP contribution is -2.48. The monoisotopic (exact) mass is 293 g/mol. The fourth-order valence-electron chi connectivity index (χ4n) is 2.57.